The smallest absolute Gasteiger partial charge is 0.416 e. The maximum atomic E-state index is 12.6. The first-order chi connectivity index (χ1) is 22.4. The first-order valence-electron chi connectivity index (χ1n) is 14.0. The molecule has 0 saturated carbocycles. The summed E-state index contributed by atoms with van der Waals surface area (Å²) in [4.78, 5) is 40.9. The Balaban J connectivity index is 0.000000407. The first-order valence-corrected chi connectivity index (χ1v) is 17.8. The molecule has 272 valence electrons. The van der Waals surface area contributed by atoms with E-state index in [2.05, 4.69) is 10.2 Å². The van der Waals surface area contributed by atoms with Gasteiger partial charge in [0.05, 0.1) is 22.1 Å². The van der Waals surface area contributed by atoms with Gasteiger partial charge in [-0.05, 0) is 43.9 Å². The molecular formula is C28H37ClF3N6O9PS. The Bertz CT molecular complexity index is 1720. The van der Waals surface area contributed by atoms with Crippen molar-refractivity contribution in [3.63, 3.8) is 0 Å². The lowest BCUT2D eigenvalue weighted by molar-refractivity contribution is -0.385. The standard InChI is InChI=1S/C15H11ClF3NO4.C8H14N4OS.C5H12NO4P/c1-2-23-14-8-10(4-5-12(14)20(21)22)24-13-6-3-9(7-11(13)16)15(17,18)19;1-8(2,3)5-6(13)12(9)7(14-4)11-10-5;1-11(9,10)3-2-4(6)5(7)8/h3-8H,2H2,1H3;9H2,1-4H3;4H,2-3,6H2,1H3,(H,7,8)(H,9,10). The van der Waals surface area contributed by atoms with Crippen molar-refractivity contribution >= 4 is 42.4 Å². The van der Waals surface area contributed by atoms with Gasteiger partial charge in [0.15, 0.2) is 7.37 Å². The van der Waals surface area contributed by atoms with Crippen LogP contribution in [-0.2, 0) is 21.0 Å². The van der Waals surface area contributed by atoms with E-state index in [0.29, 0.717) is 10.9 Å². The Hall–Kier alpha value is -3.90. The molecule has 2 atom stereocenters. The fourth-order valence-electron chi connectivity index (χ4n) is 3.36. The van der Waals surface area contributed by atoms with Gasteiger partial charge in [-0.25, -0.2) is 0 Å². The summed E-state index contributed by atoms with van der Waals surface area (Å²) in [7, 11) is -3.10. The topological polar surface area (TPSA) is 236 Å². The molecule has 0 aliphatic rings. The number of nitrogens with zero attached hydrogens (tertiary/aromatic N) is 4. The van der Waals surface area contributed by atoms with Gasteiger partial charge in [-0.1, -0.05) is 44.1 Å². The highest BCUT2D eigenvalue weighted by atomic mass is 35.5. The highest BCUT2D eigenvalue weighted by molar-refractivity contribution is 7.98. The summed E-state index contributed by atoms with van der Waals surface area (Å²) in [5.41, 5.74) is 3.72. The third-order valence-corrected chi connectivity index (χ3v) is 7.87. The molecular weight excluding hydrogens is 720 g/mol. The molecule has 21 heteroatoms. The number of alkyl halides is 3. The average molecular weight is 757 g/mol. The number of rotatable bonds is 10. The third kappa shape index (κ3) is 14.2. The monoisotopic (exact) mass is 756 g/mol. The van der Waals surface area contributed by atoms with Crippen LogP contribution in [0.5, 0.6) is 17.2 Å². The second kappa shape index (κ2) is 18.2. The number of carbonyl (C=O) groups is 1. The minimum Gasteiger partial charge on any atom is -0.487 e. The number of ether oxygens (including phenoxy) is 2. The summed E-state index contributed by atoms with van der Waals surface area (Å²) in [5.74, 6) is 4.55. The van der Waals surface area contributed by atoms with Gasteiger partial charge in [0.2, 0.25) is 10.9 Å². The van der Waals surface area contributed by atoms with Gasteiger partial charge >= 0.3 is 17.8 Å². The van der Waals surface area contributed by atoms with Crippen molar-refractivity contribution < 1.29 is 46.9 Å². The molecule has 0 aliphatic carbocycles. The summed E-state index contributed by atoms with van der Waals surface area (Å²) < 4.78 is 60.1. The quantitative estimate of drug-likeness (QED) is 0.0656. The zero-order chi connectivity index (χ0) is 37.9. The molecule has 1 heterocycles. The highest BCUT2D eigenvalue weighted by Crippen LogP contribution is 2.38. The van der Waals surface area contributed by atoms with Crippen molar-refractivity contribution in [1.82, 2.24) is 14.9 Å². The largest absolute Gasteiger partial charge is 0.487 e. The van der Waals surface area contributed by atoms with Crippen LogP contribution in [0.15, 0.2) is 46.3 Å². The minimum absolute atomic E-state index is 0.0111. The number of carboxylic acids is 1. The molecule has 0 amide bonds. The van der Waals surface area contributed by atoms with Gasteiger partial charge in [0.25, 0.3) is 5.56 Å². The van der Waals surface area contributed by atoms with Crippen LogP contribution in [0.3, 0.4) is 0 Å². The molecule has 0 spiro atoms. The Labute approximate surface area is 288 Å². The van der Waals surface area contributed by atoms with Crippen molar-refractivity contribution in [1.29, 1.82) is 0 Å². The van der Waals surface area contributed by atoms with Crippen molar-refractivity contribution in [3.05, 3.63) is 73.1 Å². The number of nitro benzene ring substituents is 1. The van der Waals surface area contributed by atoms with Gasteiger partial charge in [0, 0.05) is 30.4 Å². The van der Waals surface area contributed by atoms with Gasteiger partial charge < -0.3 is 31.1 Å². The number of nitrogen functional groups attached to an aromatic ring is 1. The Kier molecular flexibility index (Phi) is 16.0. The zero-order valence-electron chi connectivity index (χ0n) is 27.2. The predicted octanol–water partition coefficient (Wildman–Crippen LogP) is 5.52. The number of nitro groups is 1. The molecule has 3 rings (SSSR count). The van der Waals surface area contributed by atoms with E-state index in [1.165, 1.54) is 36.6 Å². The van der Waals surface area contributed by atoms with Crippen LogP contribution in [0, 0.1) is 10.1 Å². The number of hydrogen-bond acceptors (Lipinski definition) is 12. The SMILES string of the molecule is CCOc1cc(Oc2ccc(C(F)(F)F)cc2Cl)ccc1[N+](=O)[O-].CP(=O)(O)CCC(N)C(=O)O.CSc1nnc(C(C)(C)C)c(=O)n1N. The third-order valence-electron chi connectivity index (χ3n) is 5.84. The van der Waals surface area contributed by atoms with Gasteiger partial charge in [-0.15, -0.1) is 10.2 Å². The number of benzene rings is 2. The lowest BCUT2D eigenvalue weighted by Crippen LogP contribution is -2.37. The summed E-state index contributed by atoms with van der Waals surface area (Å²) in [6.45, 7) is 8.74. The van der Waals surface area contributed by atoms with E-state index in [0.717, 1.165) is 22.9 Å². The van der Waals surface area contributed by atoms with E-state index < -0.39 is 36.0 Å². The van der Waals surface area contributed by atoms with Crippen LogP contribution in [-0.4, -0.2) is 67.5 Å². The van der Waals surface area contributed by atoms with Crippen LogP contribution >= 0.6 is 30.7 Å². The van der Waals surface area contributed by atoms with Crippen molar-refractivity contribution in [2.45, 2.75) is 56.9 Å². The van der Waals surface area contributed by atoms with Crippen molar-refractivity contribution in [2.75, 3.05) is 31.5 Å². The van der Waals surface area contributed by atoms with Crippen LogP contribution in [0.4, 0.5) is 18.9 Å². The molecule has 6 N–H and O–H groups in total. The highest BCUT2D eigenvalue weighted by Gasteiger charge is 2.31. The average Bonchev–Trinajstić information content (AvgIpc) is 2.97. The van der Waals surface area contributed by atoms with E-state index in [1.54, 1.807) is 13.2 Å². The molecule has 0 aliphatic heterocycles. The predicted molar refractivity (Wildman–Crippen MR) is 179 cm³/mol. The summed E-state index contributed by atoms with van der Waals surface area (Å²) >= 11 is 7.10. The first kappa shape index (κ1) is 43.1. The fraction of sp³-hybridized carbons (Fsp3) is 0.429. The zero-order valence-corrected chi connectivity index (χ0v) is 29.7. The summed E-state index contributed by atoms with van der Waals surface area (Å²) in [5, 5.41) is 27.1. The fourth-order valence-corrected chi connectivity index (χ4v) is 4.74. The molecule has 2 unspecified atom stereocenters. The molecule has 3 aromatic rings. The number of thioether (sulfide) groups is 1. The molecule has 0 fully saturated rings. The second-order valence-corrected chi connectivity index (χ2v) is 14.8. The summed E-state index contributed by atoms with van der Waals surface area (Å²) in [6, 6.07) is 5.37. The van der Waals surface area contributed by atoms with E-state index in [1.807, 2.05) is 20.8 Å². The van der Waals surface area contributed by atoms with E-state index in [9.17, 15) is 37.4 Å². The van der Waals surface area contributed by atoms with Crippen LogP contribution in [0.25, 0.3) is 0 Å². The van der Waals surface area contributed by atoms with E-state index >= 15 is 0 Å². The van der Waals surface area contributed by atoms with Crippen molar-refractivity contribution in [2.24, 2.45) is 5.73 Å². The molecule has 15 nitrogen and oxygen atoms in total. The van der Waals surface area contributed by atoms with Crippen LogP contribution in [0.1, 0.15) is 45.4 Å². The summed E-state index contributed by atoms with van der Waals surface area (Å²) in [6.07, 6.45) is -2.72. The lowest BCUT2D eigenvalue weighted by atomic mass is 9.93. The number of nitrogens with two attached hydrogens (primary N) is 2. The maximum absolute atomic E-state index is 12.6. The number of aliphatic carboxylic acids is 1. The Morgan fingerprint density at radius 3 is 2.24 bits per heavy atom. The van der Waals surface area contributed by atoms with E-state index in [4.69, 9.17) is 42.7 Å². The number of hydrogen-bond donors (Lipinski definition) is 4. The Morgan fingerprint density at radius 2 is 1.80 bits per heavy atom. The molecule has 0 saturated heterocycles. The lowest BCUT2D eigenvalue weighted by Gasteiger charge is -2.16. The number of carboxylic acid groups (broad SMARTS) is 1. The molecule has 0 bridgehead atoms. The van der Waals surface area contributed by atoms with Crippen molar-refractivity contribution in [3.8, 4) is 17.2 Å². The number of aromatic nitrogens is 3. The number of halogens is 4. The molecule has 0 radical (unpaired) electrons. The van der Waals surface area contributed by atoms with Crippen LogP contribution < -0.4 is 26.6 Å². The molecule has 1 aromatic heterocycles. The van der Waals surface area contributed by atoms with E-state index in [-0.39, 0.29) is 58.1 Å². The van der Waals surface area contributed by atoms with Gasteiger partial charge in [-0.2, -0.15) is 17.8 Å². The van der Waals surface area contributed by atoms with Gasteiger partial charge in [0.1, 0.15) is 23.2 Å². The minimum atomic E-state index is -4.52. The molecule has 49 heavy (non-hydrogen) atoms. The Morgan fingerprint density at radius 1 is 1.18 bits per heavy atom. The van der Waals surface area contributed by atoms with Gasteiger partial charge in [-0.3, -0.25) is 24.3 Å². The normalized spacial score (nSPS) is 13.1. The maximum Gasteiger partial charge on any atom is 0.416 e. The van der Waals surface area contributed by atoms with Crippen LogP contribution in [0.2, 0.25) is 5.02 Å². The molecule has 2 aromatic carbocycles. The second-order valence-electron chi connectivity index (χ2n) is 11.0.